The normalized spacial score (nSPS) is 15.2. The third-order valence-corrected chi connectivity index (χ3v) is 5.76. The maximum atomic E-state index is 12.4. The number of rotatable bonds is 7. The van der Waals surface area contributed by atoms with Crippen LogP contribution in [0.1, 0.15) is 43.5 Å². The van der Waals surface area contributed by atoms with Gasteiger partial charge in [-0.2, -0.15) is 0 Å². The van der Waals surface area contributed by atoms with Crippen molar-refractivity contribution in [3.63, 3.8) is 0 Å². The summed E-state index contributed by atoms with van der Waals surface area (Å²) in [5, 5.41) is 3.14. The molecule has 1 aliphatic rings. The number of imidazole rings is 1. The van der Waals surface area contributed by atoms with Crippen LogP contribution >= 0.6 is 0 Å². The molecule has 0 aliphatic heterocycles. The van der Waals surface area contributed by atoms with E-state index in [1.54, 1.807) is 0 Å². The monoisotopic (exact) mass is 387 g/mol. The number of aromatic nitrogens is 2. The number of nitrogens with zero attached hydrogens (tertiary/aromatic N) is 2. The van der Waals surface area contributed by atoms with E-state index in [0.29, 0.717) is 6.54 Å². The molecule has 0 unspecified atom stereocenters. The van der Waals surface area contributed by atoms with Crippen LogP contribution in [-0.4, -0.2) is 22.0 Å². The van der Waals surface area contributed by atoms with Gasteiger partial charge in [-0.3, -0.25) is 4.79 Å². The molecule has 0 atom stereocenters. The summed E-state index contributed by atoms with van der Waals surface area (Å²) in [7, 11) is 0. The highest BCUT2D eigenvalue weighted by atomic mass is 16.1. The maximum absolute atomic E-state index is 12.4. The molecule has 4 nitrogen and oxygen atoms in total. The number of hydrogen-bond acceptors (Lipinski definition) is 2. The zero-order valence-corrected chi connectivity index (χ0v) is 16.9. The molecule has 1 heterocycles. The fourth-order valence-corrected chi connectivity index (χ4v) is 4.18. The molecule has 0 saturated heterocycles. The van der Waals surface area contributed by atoms with Gasteiger partial charge >= 0.3 is 0 Å². The second-order valence-corrected chi connectivity index (χ2v) is 7.82. The zero-order valence-electron chi connectivity index (χ0n) is 16.9. The predicted octanol–water partition coefficient (Wildman–Crippen LogP) is 4.99. The summed E-state index contributed by atoms with van der Waals surface area (Å²) in [5.41, 5.74) is 3.34. The van der Waals surface area contributed by atoms with Gasteiger partial charge in [0.05, 0.1) is 11.0 Å². The lowest BCUT2D eigenvalue weighted by Gasteiger charge is -2.20. The first-order chi connectivity index (χ1) is 14.3. The maximum Gasteiger partial charge on any atom is 0.223 e. The Kier molecular flexibility index (Phi) is 6.40. The SMILES string of the molecule is O=C(NCCc1nc2ccccc2n1C/C=C/c1ccccc1)C1CCCCC1. The van der Waals surface area contributed by atoms with Crippen molar-refractivity contribution in [3.8, 4) is 0 Å². The first kappa shape index (κ1) is 19.4. The van der Waals surface area contributed by atoms with E-state index in [1.165, 1.54) is 24.8 Å². The van der Waals surface area contributed by atoms with Gasteiger partial charge in [-0.25, -0.2) is 4.98 Å². The van der Waals surface area contributed by atoms with Gasteiger partial charge in [0.1, 0.15) is 5.82 Å². The van der Waals surface area contributed by atoms with E-state index in [4.69, 9.17) is 4.98 Å². The molecule has 2 aromatic carbocycles. The minimum atomic E-state index is 0.205. The highest BCUT2D eigenvalue weighted by Crippen LogP contribution is 2.23. The van der Waals surface area contributed by atoms with Gasteiger partial charge in [0.2, 0.25) is 5.91 Å². The molecule has 150 valence electrons. The first-order valence-corrected chi connectivity index (χ1v) is 10.7. The van der Waals surface area contributed by atoms with Crippen LogP contribution in [0.5, 0.6) is 0 Å². The Morgan fingerprint density at radius 1 is 1.03 bits per heavy atom. The van der Waals surface area contributed by atoms with Crippen molar-refractivity contribution in [2.75, 3.05) is 6.54 Å². The molecule has 0 radical (unpaired) electrons. The van der Waals surface area contributed by atoms with Crippen molar-refractivity contribution < 1.29 is 4.79 Å². The van der Waals surface area contributed by atoms with Gasteiger partial charge in [0.15, 0.2) is 0 Å². The summed E-state index contributed by atoms with van der Waals surface area (Å²) in [4.78, 5) is 17.3. The average molecular weight is 388 g/mol. The number of fused-ring (bicyclic) bond motifs is 1. The Bertz CT molecular complexity index is 968. The first-order valence-electron chi connectivity index (χ1n) is 10.7. The van der Waals surface area contributed by atoms with Gasteiger partial charge in [-0.05, 0) is 30.5 Å². The summed E-state index contributed by atoms with van der Waals surface area (Å²) in [6.45, 7) is 1.41. The molecule has 0 spiro atoms. The molecule has 1 aliphatic carbocycles. The number of amides is 1. The number of benzene rings is 2. The number of carbonyl (C=O) groups is 1. The average Bonchev–Trinajstić information content (AvgIpc) is 3.12. The molecule has 4 rings (SSSR count). The zero-order chi connectivity index (χ0) is 19.9. The molecule has 4 heteroatoms. The van der Waals surface area contributed by atoms with Crippen LogP contribution in [0.25, 0.3) is 17.1 Å². The highest BCUT2D eigenvalue weighted by Gasteiger charge is 2.20. The Labute approximate surface area is 172 Å². The van der Waals surface area contributed by atoms with Crippen molar-refractivity contribution in [3.05, 3.63) is 72.1 Å². The van der Waals surface area contributed by atoms with E-state index in [2.05, 4.69) is 52.4 Å². The fourth-order valence-electron chi connectivity index (χ4n) is 4.18. The van der Waals surface area contributed by atoms with Crippen molar-refractivity contribution >= 4 is 23.0 Å². The van der Waals surface area contributed by atoms with Gasteiger partial charge in [-0.1, -0.05) is 73.9 Å². The number of nitrogens with one attached hydrogen (secondary N) is 1. The summed E-state index contributed by atoms with van der Waals surface area (Å²) in [6.07, 6.45) is 10.8. The van der Waals surface area contributed by atoms with Crippen LogP contribution in [0, 0.1) is 5.92 Å². The van der Waals surface area contributed by atoms with Crippen molar-refractivity contribution in [1.29, 1.82) is 0 Å². The largest absolute Gasteiger partial charge is 0.355 e. The molecular weight excluding hydrogens is 358 g/mol. The Hall–Kier alpha value is -2.88. The van der Waals surface area contributed by atoms with Gasteiger partial charge in [0.25, 0.3) is 0 Å². The number of allylic oxidation sites excluding steroid dienone is 1. The molecule has 29 heavy (non-hydrogen) atoms. The summed E-state index contributed by atoms with van der Waals surface area (Å²) in [5.74, 6) is 1.44. The fraction of sp³-hybridized carbons (Fsp3) is 0.360. The highest BCUT2D eigenvalue weighted by molar-refractivity contribution is 5.79. The minimum Gasteiger partial charge on any atom is -0.355 e. The molecular formula is C25H29N3O. The Balaban J connectivity index is 1.43. The summed E-state index contributed by atoms with van der Waals surface area (Å²) < 4.78 is 2.25. The lowest BCUT2D eigenvalue weighted by atomic mass is 9.89. The third kappa shape index (κ3) is 4.94. The van der Waals surface area contributed by atoms with Crippen LogP contribution in [-0.2, 0) is 17.8 Å². The van der Waals surface area contributed by atoms with E-state index in [0.717, 1.165) is 42.7 Å². The molecule has 1 N–H and O–H groups in total. The van der Waals surface area contributed by atoms with Crippen molar-refractivity contribution in [2.45, 2.75) is 45.1 Å². The van der Waals surface area contributed by atoms with Gasteiger partial charge < -0.3 is 9.88 Å². The lowest BCUT2D eigenvalue weighted by molar-refractivity contribution is -0.125. The Morgan fingerprint density at radius 2 is 1.79 bits per heavy atom. The van der Waals surface area contributed by atoms with Crippen LogP contribution < -0.4 is 5.32 Å². The molecule has 1 amide bonds. The van der Waals surface area contributed by atoms with Gasteiger partial charge in [0, 0.05) is 25.4 Å². The van der Waals surface area contributed by atoms with Gasteiger partial charge in [-0.15, -0.1) is 0 Å². The standard InChI is InChI=1S/C25H29N3O/c29-25(21-13-5-2-6-14-21)26-18-17-24-27-22-15-7-8-16-23(22)28(24)19-9-12-20-10-3-1-4-11-20/h1,3-4,7-12,15-16,21H,2,5-6,13-14,17-19H2,(H,26,29)/b12-9+. The molecule has 1 aromatic heterocycles. The molecule has 3 aromatic rings. The lowest BCUT2D eigenvalue weighted by Crippen LogP contribution is -2.33. The van der Waals surface area contributed by atoms with E-state index in [-0.39, 0.29) is 11.8 Å². The van der Waals surface area contributed by atoms with Crippen molar-refractivity contribution in [2.24, 2.45) is 5.92 Å². The molecule has 0 bridgehead atoms. The van der Waals surface area contributed by atoms with E-state index in [9.17, 15) is 4.79 Å². The third-order valence-electron chi connectivity index (χ3n) is 5.76. The molecule has 1 saturated carbocycles. The summed E-state index contributed by atoms with van der Waals surface area (Å²) in [6, 6.07) is 18.6. The molecule has 1 fully saturated rings. The van der Waals surface area contributed by atoms with E-state index in [1.807, 2.05) is 24.3 Å². The number of para-hydroxylation sites is 2. The second-order valence-electron chi connectivity index (χ2n) is 7.82. The number of hydrogen-bond donors (Lipinski definition) is 1. The number of carbonyl (C=O) groups excluding carboxylic acids is 1. The predicted molar refractivity (Wildman–Crippen MR) is 118 cm³/mol. The van der Waals surface area contributed by atoms with E-state index >= 15 is 0 Å². The van der Waals surface area contributed by atoms with Crippen LogP contribution in [0.4, 0.5) is 0 Å². The topological polar surface area (TPSA) is 46.9 Å². The summed E-state index contributed by atoms with van der Waals surface area (Å²) >= 11 is 0. The quantitative estimate of drug-likeness (QED) is 0.621. The second kappa shape index (κ2) is 9.55. The Morgan fingerprint density at radius 3 is 2.62 bits per heavy atom. The van der Waals surface area contributed by atoms with Crippen molar-refractivity contribution in [1.82, 2.24) is 14.9 Å². The smallest absolute Gasteiger partial charge is 0.223 e. The van der Waals surface area contributed by atoms with Crippen LogP contribution in [0.2, 0.25) is 0 Å². The van der Waals surface area contributed by atoms with E-state index < -0.39 is 0 Å². The van der Waals surface area contributed by atoms with Crippen LogP contribution in [0.3, 0.4) is 0 Å². The minimum absolute atomic E-state index is 0.205. The van der Waals surface area contributed by atoms with Crippen LogP contribution in [0.15, 0.2) is 60.7 Å².